The van der Waals surface area contributed by atoms with Gasteiger partial charge >= 0.3 is 0 Å². The maximum Gasteiger partial charge on any atom is 0.231 e. The first-order valence-electron chi connectivity index (χ1n) is 9.70. The molecule has 154 valence electrons. The van der Waals surface area contributed by atoms with Gasteiger partial charge in [0.2, 0.25) is 12.7 Å². The molecule has 31 heavy (non-hydrogen) atoms. The summed E-state index contributed by atoms with van der Waals surface area (Å²) in [5.41, 5.74) is 2.61. The van der Waals surface area contributed by atoms with Crippen molar-refractivity contribution in [2.75, 3.05) is 12.1 Å². The Morgan fingerprint density at radius 3 is 2.58 bits per heavy atom. The first-order valence-corrected chi connectivity index (χ1v) is 10.6. The zero-order chi connectivity index (χ0) is 21.0. The van der Waals surface area contributed by atoms with Crippen LogP contribution in [0.2, 0.25) is 0 Å². The van der Waals surface area contributed by atoms with Crippen molar-refractivity contribution < 1.29 is 19.0 Å². The molecular formula is C24H18N2O4S. The smallest absolute Gasteiger partial charge is 0.231 e. The van der Waals surface area contributed by atoms with Crippen molar-refractivity contribution in [2.24, 2.45) is 0 Å². The van der Waals surface area contributed by atoms with Gasteiger partial charge in [-0.1, -0.05) is 24.3 Å². The summed E-state index contributed by atoms with van der Waals surface area (Å²) in [7, 11) is 0. The number of hydrogen-bond donors (Lipinski definition) is 1. The second kappa shape index (κ2) is 8.49. The Labute approximate surface area is 183 Å². The molecule has 0 fully saturated rings. The van der Waals surface area contributed by atoms with E-state index in [1.807, 2.05) is 78.2 Å². The van der Waals surface area contributed by atoms with E-state index < -0.39 is 0 Å². The van der Waals surface area contributed by atoms with Crippen molar-refractivity contribution in [1.82, 2.24) is 4.98 Å². The van der Waals surface area contributed by atoms with E-state index in [0.29, 0.717) is 16.6 Å². The fourth-order valence-electron chi connectivity index (χ4n) is 3.18. The molecule has 0 spiro atoms. The van der Waals surface area contributed by atoms with E-state index in [0.717, 1.165) is 28.3 Å². The molecule has 1 aromatic heterocycles. The van der Waals surface area contributed by atoms with Crippen LogP contribution in [0.4, 0.5) is 5.13 Å². The number of rotatable bonds is 6. The van der Waals surface area contributed by atoms with Crippen LogP contribution in [0.3, 0.4) is 0 Å². The van der Waals surface area contributed by atoms with Crippen LogP contribution in [0.15, 0.2) is 78.2 Å². The molecule has 2 heterocycles. The molecule has 0 aliphatic carbocycles. The van der Waals surface area contributed by atoms with Gasteiger partial charge in [-0.05, 0) is 54.1 Å². The highest BCUT2D eigenvalue weighted by molar-refractivity contribution is 7.14. The van der Waals surface area contributed by atoms with E-state index >= 15 is 0 Å². The summed E-state index contributed by atoms with van der Waals surface area (Å²) in [6, 6.07) is 22.8. The highest BCUT2D eigenvalue weighted by Crippen LogP contribution is 2.33. The van der Waals surface area contributed by atoms with Gasteiger partial charge in [0, 0.05) is 10.9 Å². The number of anilines is 1. The number of thiazole rings is 1. The van der Waals surface area contributed by atoms with Crippen LogP contribution in [-0.2, 0) is 11.2 Å². The fraction of sp³-hybridized carbons (Fsp3) is 0.0833. The maximum absolute atomic E-state index is 12.4. The molecule has 0 saturated carbocycles. The number of amides is 1. The van der Waals surface area contributed by atoms with E-state index in [2.05, 4.69) is 10.3 Å². The van der Waals surface area contributed by atoms with Crippen LogP contribution in [0.25, 0.3) is 11.3 Å². The van der Waals surface area contributed by atoms with Crippen LogP contribution in [0.5, 0.6) is 23.0 Å². The Morgan fingerprint density at radius 2 is 1.74 bits per heavy atom. The summed E-state index contributed by atoms with van der Waals surface area (Å²) in [4.78, 5) is 16.9. The largest absolute Gasteiger partial charge is 0.457 e. The van der Waals surface area contributed by atoms with Crippen LogP contribution >= 0.6 is 11.3 Å². The zero-order valence-electron chi connectivity index (χ0n) is 16.4. The van der Waals surface area contributed by atoms with Gasteiger partial charge < -0.3 is 19.5 Å². The number of benzene rings is 3. The van der Waals surface area contributed by atoms with Crippen LogP contribution in [0, 0.1) is 0 Å². The molecule has 0 saturated heterocycles. The number of carbonyl (C=O) groups excluding carboxylic acids is 1. The second-order valence-corrected chi connectivity index (χ2v) is 7.75. The SMILES string of the molecule is O=C(Cc1ccc2c(c1)OCO2)Nc1nc(-c2ccc(Oc3ccccc3)cc2)cs1. The Bertz CT molecular complexity index is 1210. The van der Waals surface area contributed by atoms with Gasteiger partial charge in [0.25, 0.3) is 0 Å². The molecule has 1 N–H and O–H groups in total. The highest BCUT2D eigenvalue weighted by atomic mass is 32.1. The van der Waals surface area contributed by atoms with Crippen LogP contribution in [-0.4, -0.2) is 17.7 Å². The molecule has 4 aromatic rings. The summed E-state index contributed by atoms with van der Waals surface area (Å²) >= 11 is 1.39. The molecule has 6 nitrogen and oxygen atoms in total. The predicted molar refractivity (Wildman–Crippen MR) is 119 cm³/mol. The van der Waals surface area contributed by atoms with Crippen molar-refractivity contribution >= 4 is 22.4 Å². The third-order valence-corrected chi connectivity index (χ3v) is 5.44. The molecule has 0 atom stereocenters. The Hall–Kier alpha value is -3.84. The van der Waals surface area contributed by atoms with Crippen LogP contribution in [0.1, 0.15) is 5.56 Å². The number of carbonyl (C=O) groups is 1. The minimum Gasteiger partial charge on any atom is -0.457 e. The van der Waals surface area contributed by atoms with Gasteiger partial charge in [-0.2, -0.15) is 0 Å². The van der Waals surface area contributed by atoms with Gasteiger partial charge in [0.05, 0.1) is 12.1 Å². The number of nitrogens with zero attached hydrogens (tertiary/aromatic N) is 1. The maximum atomic E-state index is 12.4. The lowest BCUT2D eigenvalue weighted by Crippen LogP contribution is -2.14. The van der Waals surface area contributed by atoms with Crippen molar-refractivity contribution in [3.8, 4) is 34.3 Å². The van der Waals surface area contributed by atoms with Gasteiger partial charge in [0.15, 0.2) is 16.6 Å². The summed E-state index contributed by atoms with van der Waals surface area (Å²) in [6.45, 7) is 0.215. The van der Waals surface area contributed by atoms with Gasteiger partial charge in [-0.15, -0.1) is 11.3 Å². The highest BCUT2D eigenvalue weighted by Gasteiger charge is 2.15. The molecule has 1 amide bonds. The molecule has 1 aliphatic rings. The molecule has 7 heteroatoms. The number of para-hydroxylation sites is 1. The van der Waals surface area contributed by atoms with Crippen molar-refractivity contribution in [3.05, 3.63) is 83.7 Å². The van der Waals surface area contributed by atoms with E-state index in [9.17, 15) is 4.79 Å². The van der Waals surface area contributed by atoms with E-state index in [1.165, 1.54) is 11.3 Å². The lowest BCUT2D eigenvalue weighted by Gasteiger charge is -2.06. The molecule has 3 aromatic carbocycles. The predicted octanol–water partition coefficient (Wildman–Crippen LogP) is 5.51. The topological polar surface area (TPSA) is 69.7 Å². The lowest BCUT2D eigenvalue weighted by molar-refractivity contribution is -0.115. The number of ether oxygens (including phenoxy) is 3. The summed E-state index contributed by atoms with van der Waals surface area (Å²) in [6.07, 6.45) is 0.233. The zero-order valence-corrected chi connectivity index (χ0v) is 17.2. The third kappa shape index (κ3) is 4.51. The number of aromatic nitrogens is 1. The average molecular weight is 430 g/mol. The lowest BCUT2D eigenvalue weighted by atomic mass is 10.1. The van der Waals surface area contributed by atoms with E-state index in [-0.39, 0.29) is 19.1 Å². The molecule has 0 bridgehead atoms. The van der Waals surface area contributed by atoms with Crippen molar-refractivity contribution in [3.63, 3.8) is 0 Å². The molecule has 0 unspecified atom stereocenters. The summed E-state index contributed by atoms with van der Waals surface area (Å²) in [5, 5.41) is 5.34. The normalized spacial score (nSPS) is 11.9. The molecular weight excluding hydrogens is 412 g/mol. The molecule has 0 radical (unpaired) electrons. The van der Waals surface area contributed by atoms with E-state index in [4.69, 9.17) is 14.2 Å². The van der Waals surface area contributed by atoms with E-state index in [1.54, 1.807) is 0 Å². The summed E-state index contributed by atoms with van der Waals surface area (Å²) in [5.74, 6) is 2.78. The van der Waals surface area contributed by atoms with Gasteiger partial charge in [0.1, 0.15) is 11.5 Å². The fourth-order valence-corrected chi connectivity index (χ4v) is 3.92. The monoisotopic (exact) mass is 430 g/mol. The summed E-state index contributed by atoms with van der Waals surface area (Å²) < 4.78 is 16.5. The Kier molecular flexibility index (Phi) is 5.24. The quantitative estimate of drug-likeness (QED) is 0.437. The molecule has 5 rings (SSSR count). The molecule has 1 aliphatic heterocycles. The van der Waals surface area contributed by atoms with Gasteiger partial charge in [-0.25, -0.2) is 4.98 Å². The first-order chi connectivity index (χ1) is 15.2. The second-order valence-electron chi connectivity index (χ2n) is 6.89. The number of fused-ring (bicyclic) bond motifs is 1. The minimum atomic E-state index is -0.133. The van der Waals surface area contributed by atoms with Crippen LogP contribution < -0.4 is 19.5 Å². The minimum absolute atomic E-state index is 0.133. The Balaban J connectivity index is 1.21. The third-order valence-electron chi connectivity index (χ3n) is 4.68. The van der Waals surface area contributed by atoms with Crippen molar-refractivity contribution in [2.45, 2.75) is 6.42 Å². The Morgan fingerprint density at radius 1 is 0.968 bits per heavy atom. The van der Waals surface area contributed by atoms with Gasteiger partial charge in [-0.3, -0.25) is 4.79 Å². The number of nitrogens with one attached hydrogen (secondary N) is 1. The van der Waals surface area contributed by atoms with Crippen molar-refractivity contribution in [1.29, 1.82) is 0 Å². The average Bonchev–Trinajstić information content (AvgIpc) is 3.44. The standard InChI is InChI=1S/C24H18N2O4S/c27-23(13-16-6-11-21-22(12-16)29-15-28-21)26-24-25-20(14-31-24)17-7-9-19(10-8-17)30-18-4-2-1-3-5-18/h1-12,14H,13,15H2,(H,25,26,27). The number of hydrogen-bond acceptors (Lipinski definition) is 6. The first kappa shape index (κ1) is 19.1.